The van der Waals surface area contributed by atoms with Gasteiger partial charge in [0.15, 0.2) is 17.0 Å². The normalized spacial score (nSPS) is 10.4. The minimum absolute atomic E-state index is 0.329. The number of rotatable bonds is 1. The van der Waals surface area contributed by atoms with Crippen molar-refractivity contribution in [3.05, 3.63) is 41.9 Å². The van der Waals surface area contributed by atoms with Gasteiger partial charge in [-0.25, -0.2) is 19.9 Å². The van der Waals surface area contributed by atoms with Gasteiger partial charge in [-0.15, -0.1) is 6.42 Å². The Morgan fingerprint density at radius 1 is 1.20 bits per heavy atom. The molecule has 0 bridgehead atoms. The third-order valence-corrected chi connectivity index (χ3v) is 2.87. The van der Waals surface area contributed by atoms with Gasteiger partial charge in [-0.2, -0.15) is 0 Å². The predicted octanol–water partition coefficient (Wildman–Crippen LogP) is 1.96. The maximum Gasteiger partial charge on any atom is 0.183 e. The van der Waals surface area contributed by atoms with Crippen LogP contribution in [0.15, 0.2) is 30.5 Å². The first kappa shape index (κ1) is 12.1. The molecule has 0 atom stereocenters. The molecule has 2 aromatic heterocycles. The van der Waals surface area contributed by atoms with Crippen molar-refractivity contribution in [3.8, 4) is 23.6 Å². The van der Waals surface area contributed by atoms with Crippen molar-refractivity contribution >= 4 is 17.0 Å². The summed E-state index contributed by atoms with van der Waals surface area (Å²) in [6.45, 7) is 1.77. The summed E-state index contributed by atoms with van der Waals surface area (Å²) in [5.41, 5.74) is 9.23. The summed E-state index contributed by atoms with van der Waals surface area (Å²) in [7, 11) is 0. The van der Waals surface area contributed by atoms with Crippen LogP contribution < -0.4 is 5.73 Å². The molecule has 96 valence electrons. The Kier molecular flexibility index (Phi) is 2.77. The fourth-order valence-electron chi connectivity index (χ4n) is 1.95. The number of aromatic nitrogens is 4. The Bertz CT molecular complexity index is 848. The molecule has 0 saturated carbocycles. The lowest BCUT2D eigenvalue weighted by atomic mass is 10.1. The molecule has 3 aromatic rings. The van der Waals surface area contributed by atoms with E-state index in [2.05, 4.69) is 25.9 Å². The average Bonchev–Trinajstić information content (AvgIpc) is 2.47. The smallest absolute Gasteiger partial charge is 0.183 e. The minimum atomic E-state index is 0.329. The van der Waals surface area contributed by atoms with Crippen LogP contribution in [0.3, 0.4) is 0 Å². The van der Waals surface area contributed by atoms with E-state index in [0.29, 0.717) is 28.5 Å². The Morgan fingerprint density at radius 3 is 2.85 bits per heavy atom. The number of nitrogens with zero attached hydrogens (tertiary/aromatic N) is 4. The molecule has 5 nitrogen and oxygen atoms in total. The largest absolute Gasteiger partial charge is 0.382 e. The van der Waals surface area contributed by atoms with Gasteiger partial charge in [0.1, 0.15) is 5.82 Å². The standard InChI is InChI=1S/C15H11N5/c1-3-10-5-4-6-11(7-10)12-8-17-15-13(20-12)14(16)18-9(2)19-15/h1,4-8H,2H3,(H2,16,17,18,19). The second kappa shape index (κ2) is 4.59. The molecule has 2 heterocycles. The van der Waals surface area contributed by atoms with Crippen LogP contribution in [0.4, 0.5) is 5.82 Å². The Morgan fingerprint density at radius 2 is 2.05 bits per heavy atom. The van der Waals surface area contributed by atoms with Crippen molar-refractivity contribution < 1.29 is 0 Å². The summed E-state index contributed by atoms with van der Waals surface area (Å²) in [5, 5.41) is 0. The van der Waals surface area contributed by atoms with Crippen LogP contribution in [0, 0.1) is 19.3 Å². The monoisotopic (exact) mass is 261 g/mol. The quantitative estimate of drug-likeness (QED) is 0.677. The van der Waals surface area contributed by atoms with Crippen LogP contribution in [0.2, 0.25) is 0 Å². The van der Waals surface area contributed by atoms with Crippen LogP contribution in [0.25, 0.3) is 22.4 Å². The Balaban J connectivity index is 2.20. The van der Waals surface area contributed by atoms with E-state index in [0.717, 1.165) is 11.1 Å². The summed E-state index contributed by atoms with van der Waals surface area (Å²) < 4.78 is 0. The molecule has 0 aliphatic heterocycles. The third kappa shape index (κ3) is 2.04. The topological polar surface area (TPSA) is 77.6 Å². The highest BCUT2D eigenvalue weighted by Gasteiger charge is 2.08. The van der Waals surface area contributed by atoms with E-state index in [-0.39, 0.29) is 0 Å². The summed E-state index contributed by atoms with van der Waals surface area (Å²) in [6.07, 6.45) is 7.06. The van der Waals surface area contributed by atoms with Crippen molar-refractivity contribution in [2.45, 2.75) is 6.92 Å². The second-order valence-electron chi connectivity index (χ2n) is 4.31. The molecule has 0 aliphatic rings. The van der Waals surface area contributed by atoms with E-state index in [9.17, 15) is 0 Å². The van der Waals surface area contributed by atoms with Crippen molar-refractivity contribution in [3.63, 3.8) is 0 Å². The summed E-state index contributed by atoms with van der Waals surface area (Å²) in [6, 6.07) is 7.53. The number of hydrogen-bond acceptors (Lipinski definition) is 5. The number of aryl methyl sites for hydroxylation is 1. The summed E-state index contributed by atoms with van der Waals surface area (Å²) >= 11 is 0. The van der Waals surface area contributed by atoms with E-state index in [4.69, 9.17) is 12.2 Å². The molecule has 0 saturated heterocycles. The zero-order valence-corrected chi connectivity index (χ0v) is 10.8. The van der Waals surface area contributed by atoms with Gasteiger partial charge >= 0.3 is 0 Å². The van der Waals surface area contributed by atoms with Crippen molar-refractivity contribution in [2.24, 2.45) is 0 Å². The SMILES string of the molecule is C#Cc1cccc(-c2cnc3nc(C)nc(N)c3n2)c1. The van der Waals surface area contributed by atoms with Crippen molar-refractivity contribution in [1.82, 2.24) is 19.9 Å². The lowest BCUT2D eigenvalue weighted by Gasteiger charge is -2.05. The molecule has 2 N–H and O–H groups in total. The summed E-state index contributed by atoms with van der Waals surface area (Å²) in [5.74, 6) is 3.50. The van der Waals surface area contributed by atoms with Gasteiger partial charge in [0.25, 0.3) is 0 Å². The number of anilines is 1. The van der Waals surface area contributed by atoms with Crippen LogP contribution in [-0.2, 0) is 0 Å². The molecular weight excluding hydrogens is 250 g/mol. The number of hydrogen-bond donors (Lipinski definition) is 1. The van der Waals surface area contributed by atoms with Gasteiger partial charge < -0.3 is 5.73 Å². The first-order valence-corrected chi connectivity index (χ1v) is 6.01. The fourth-order valence-corrected chi connectivity index (χ4v) is 1.95. The molecule has 0 fully saturated rings. The highest BCUT2D eigenvalue weighted by molar-refractivity contribution is 5.82. The molecular formula is C15H11N5. The number of fused-ring (bicyclic) bond motifs is 1. The Hall–Kier alpha value is -3.00. The zero-order valence-electron chi connectivity index (χ0n) is 10.8. The number of nitrogens with two attached hydrogens (primary N) is 1. The maximum absolute atomic E-state index is 5.87. The molecule has 5 heteroatoms. The lowest BCUT2D eigenvalue weighted by molar-refractivity contribution is 1.07. The average molecular weight is 261 g/mol. The minimum Gasteiger partial charge on any atom is -0.382 e. The van der Waals surface area contributed by atoms with Crippen LogP contribution >= 0.6 is 0 Å². The van der Waals surface area contributed by atoms with Gasteiger partial charge in [-0.05, 0) is 19.1 Å². The van der Waals surface area contributed by atoms with Crippen LogP contribution in [0.1, 0.15) is 11.4 Å². The Labute approximate surface area is 115 Å². The fraction of sp³-hybridized carbons (Fsp3) is 0.0667. The number of nitrogen functional groups attached to an aromatic ring is 1. The summed E-state index contributed by atoms with van der Waals surface area (Å²) in [4.78, 5) is 17.1. The predicted molar refractivity (Wildman–Crippen MR) is 77.6 cm³/mol. The maximum atomic E-state index is 5.87. The highest BCUT2D eigenvalue weighted by Crippen LogP contribution is 2.21. The van der Waals surface area contributed by atoms with E-state index in [1.54, 1.807) is 13.1 Å². The molecule has 0 amide bonds. The first-order valence-electron chi connectivity index (χ1n) is 6.01. The zero-order chi connectivity index (χ0) is 14.1. The van der Waals surface area contributed by atoms with E-state index >= 15 is 0 Å². The highest BCUT2D eigenvalue weighted by atomic mass is 15.0. The molecule has 1 aromatic carbocycles. The molecule has 0 aliphatic carbocycles. The van der Waals surface area contributed by atoms with Gasteiger partial charge in [-0.3, -0.25) is 0 Å². The van der Waals surface area contributed by atoms with E-state index in [1.807, 2.05) is 24.3 Å². The van der Waals surface area contributed by atoms with Gasteiger partial charge in [0, 0.05) is 11.1 Å². The molecule has 3 rings (SSSR count). The first-order chi connectivity index (χ1) is 9.67. The second-order valence-corrected chi connectivity index (χ2v) is 4.31. The molecule has 0 spiro atoms. The van der Waals surface area contributed by atoms with Crippen LogP contribution in [-0.4, -0.2) is 19.9 Å². The van der Waals surface area contributed by atoms with Gasteiger partial charge in [0.05, 0.1) is 11.9 Å². The van der Waals surface area contributed by atoms with Crippen molar-refractivity contribution in [1.29, 1.82) is 0 Å². The lowest BCUT2D eigenvalue weighted by Crippen LogP contribution is -2.01. The van der Waals surface area contributed by atoms with Crippen LogP contribution in [0.5, 0.6) is 0 Å². The molecule has 20 heavy (non-hydrogen) atoms. The van der Waals surface area contributed by atoms with Crippen molar-refractivity contribution in [2.75, 3.05) is 5.73 Å². The van der Waals surface area contributed by atoms with Gasteiger partial charge in [-0.1, -0.05) is 18.1 Å². The molecule has 0 radical (unpaired) electrons. The van der Waals surface area contributed by atoms with E-state index < -0.39 is 0 Å². The number of terminal acetylenes is 1. The number of benzene rings is 1. The third-order valence-electron chi connectivity index (χ3n) is 2.87. The van der Waals surface area contributed by atoms with Gasteiger partial charge in [0.2, 0.25) is 0 Å². The molecule has 0 unspecified atom stereocenters. The van der Waals surface area contributed by atoms with E-state index in [1.165, 1.54) is 0 Å².